The minimum Gasteiger partial charge on any atom is -0.385 e. The van der Waals surface area contributed by atoms with E-state index >= 15 is 0 Å². The Morgan fingerprint density at radius 3 is 3.08 bits per heavy atom. The normalized spacial score (nSPS) is 10.5. The van der Waals surface area contributed by atoms with E-state index in [-0.39, 0.29) is 0 Å². The largest absolute Gasteiger partial charge is 0.385 e. The zero-order chi connectivity index (χ0) is 9.36. The fourth-order valence-electron chi connectivity index (χ4n) is 1.20. The second kappa shape index (κ2) is 6.69. The molecule has 0 aliphatic carbocycles. The van der Waals surface area contributed by atoms with Gasteiger partial charge in [-0.05, 0) is 31.5 Å². The number of hydrogen-bond acceptors (Lipinski definition) is 2. The standard InChI is InChI=1S/C10H18N2O/c1-13-8-3-2-6-11-9-10-5-4-7-12-10/h4-5,7,11-12H,2-3,6,8-9H2,1H3. The summed E-state index contributed by atoms with van der Waals surface area (Å²) in [7, 11) is 1.74. The van der Waals surface area contributed by atoms with E-state index in [0.29, 0.717) is 0 Å². The van der Waals surface area contributed by atoms with Crippen molar-refractivity contribution in [3.63, 3.8) is 0 Å². The van der Waals surface area contributed by atoms with Crippen molar-refractivity contribution in [3.8, 4) is 0 Å². The molecule has 0 saturated heterocycles. The lowest BCUT2D eigenvalue weighted by molar-refractivity contribution is 0.192. The predicted molar refractivity (Wildman–Crippen MR) is 53.6 cm³/mol. The van der Waals surface area contributed by atoms with Crippen LogP contribution in [-0.4, -0.2) is 25.2 Å². The molecule has 74 valence electrons. The van der Waals surface area contributed by atoms with Crippen LogP contribution in [0.15, 0.2) is 18.3 Å². The smallest absolute Gasteiger partial charge is 0.0462 e. The minimum absolute atomic E-state index is 0.865. The SMILES string of the molecule is COCCCCNCc1ccc[nH]1. The number of aromatic amines is 1. The summed E-state index contributed by atoms with van der Waals surface area (Å²) in [5.74, 6) is 0. The average molecular weight is 182 g/mol. The average Bonchev–Trinajstić information content (AvgIpc) is 2.63. The van der Waals surface area contributed by atoms with E-state index < -0.39 is 0 Å². The lowest BCUT2D eigenvalue weighted by Gasteiger charge is -2.02. The maximum atomic E-state index is 4.96. The molecule has 0 fully saturated rings. The number of H-pyrrole nitrogens is 1. The fourth-order valence-corrected chi connectivity index (χ4v) is 1.20. The van der Waals surface area contributed by atoms with Crippen LogP contribution < -0.4 is 5.32 Å². The number of aromatic nitrogens is 1. The lowest BCUT2D eigenvalue weighted by atomic mass is 10.3. The molecule has 0 aromatic carbocycles. The lowest BCUT2D eigenvalue weighted by Crippen LogP contribution is -2.15. The maximum absolute atomic E-state index is 4.96. The highest BCUT2D eigenvalue weighted by molar-refractivity contribution is 5.02. The van der Waals surface area contributed by atoms with Crippen LogP contribution in [0.4, 0.5) is 0 Å². The molecule has 1 heterocycles. The van der Waals surface area contributed by atoms with Gasteiger partial charge >= 0.3 is 0 Å². The van der Waals surface area contributed by atoms with Gasteiger partial charge in [-0.3, -0.25) is 0 Å². The number of nitrogens with one attached hydrogen (secondary N) is 2. The molecule has 1 rings (SSSR count). The molecule has 13 heavy (non-hydrogen) atoms. The Morgan fingerprint density at radius 1 is 1.46 bits per heavy atom. The van der Waals surface area contributed by atoms with Crippen molar-refractivity contribution < 1.29 is 4.74 Å². The number of rotatable bonds is 7. The van der Waals surface area contributed by atoms with Crippen LogP contribution in [0.3, 0.4) is 0 Å². The predicted octanol–water partition coefficient (Wildman–Crippen LogP) is 1.53. The van der Waals surface area contributed by atoms with Gasteiger partial charge in [0.25, 0.3) is 0 Å². The second-order valence-electron chi connectivity index (χ2n) is 3.07. The van der Waals surface area contributed by atoms with E-state index in [9.17, 15) is 0 Å². The Labute approximate surface area is 79.5 Å². The first-order valence-corrected chi connectivity index (χ1v) is 4.75. The van der Waals surface area contributed by atoms with Gasteiger partial charge in [-0.25, -0.2) is 0 Å². The maximum Gasteiger partial charge on any atom is 0.0462 e. The molecule has 0 amide bonds. The van der Waals surface area contributed by atoms with Gasteiger partial charge in [0.05, 0.1) is 0 Å². The Morgan fingerprint density at radius 2 is 2.38 bits per heavy atom. The van der Waals surface area contributed by atoms with Crippen molar-refractivity contribution in [1.82, 2.24) is 10.3 Å². The van der Waals surface area contributed by atoms with Crippen LogP contribution in [0.25, 0.3) is 0 Å². The summed E-state index contributed by atoms with van der Waals surface area (Å²) in [6, 6.07) is 4.10. The zero-order valence-corrected chi connectivity index (χ0v) is 8.18. The summed E-state index contributed by atoms with van der Waals surface area (Å²) in [5.41, 5.74) is 1.24. The first kappa shape index (κ1) is 10.3. The fraction of sp³-hybridized carbons (Fsp3) is 0.600. The molecular weight excluding hydrogens is 164 g/mol. The number of hydrogen-bond donors (Lipinski definition) is 2. The van der Waals surface area contributed by atoms with Gasteiger partial charge in [-0.1, -0.05) is 0 Å². The summed E-state index contributed by atoms with van der Waals surface area (Å²) in [6.45, 7) is 2.85. The number of methoxy groups -OCH3 is 1. The van der Waals surface area contributed by atoms with Gasteiger partial charge in [0.2, 0.25) is 0 Å². The Hall–Kier alpha value is -0.800. The van der Waals surface area contributed by atoms with Crippen LogP contribution in [-0.2, 0) is 11.3 Å². The highest BCUT2D eigenvalue weighted by atomic mass is 16.5. The third-order valence-corrected chi connectivity index (χ3v) is 1.93. The number of ether oxygens (including phenoxy) is 1. The summed E-state index contributed by atoms with van der Waals surface area (Å²) in [5, 5.41) is 3.36. The molecule has 1 aromatic heterocycles. The third kappa shape index (κ3) is 4.70. The molecule has 0 bridgehead atoms. The first-order valence-electron chi connectivity index (χ1n) is 4.75. The molecule has 0 saturated carbocycles. The molecule has 0 unspecified atom stereocenters. The van der Waals surface area contributed by atoms with Crippen LogP contribution >= 0.6 is 0 Å². The molecule has 0 aliphatic rings. The zero-order valence-electron chi connectivity index (χ0n) is 8.18. The van der Waals surface area contributed by atoms with Crippen LogP contribution in [0, 0.1) is 0 Å². The van der Waals surface area contributed by atoms with E-state index in [0.717, 1.165) is 26.1 Å². The molecule has 0 aliphatic heterocycles. The minimum atomic E-state index is 0.865. The van der Waals surface area contributed by atoms with E-state index in [1.165, 1.54) is 12.1 Å². The summed E-state index contributed by atoms with van der Waals surface area (Å²) in [6.07, 6.45) is 4.25. The van der Waals surface area contributed by atoms with Gasteiger partial charge in [-0.2, -0.15) is 0 Å². The Kier molecular flexibility index (Phi) is 5.29. The third-order valence-electron chi connectivity index (χ3n) is 1.93. The van der Waals surface area contributed by atoms with Crippen molar-refractivity contribution in [3.05, 3.63) is 24.0 Å². The van der Waals surface area contributed by atoms with E-state index in [1.54, 1.807) is 7.11 Å². The highest BCUT2D eigenvalue weighted by Gasteiger charge is 1.91. The molecular formula is C10H18N2O. The summed E-state index contributed by atoms with van der Waals surface area (Å²) < 4.78 is 4.96. The van der Waals surface area contributed by atoms with Crippen molar-refractivity contribution in [1.29, 1.82) is 0 Å². The summed E-state index contributed by atoms with van der Waals surface area (Å²) in [4.78, 5) is 3.15. The molecule has 0 spiro atoms. The topological polar surface area (TPSA) is 37.0 Å². The van der Waals surface area contributed by atoms with Gasteiger partial charge < -0.3 is 15.0 Å². The Balaban J connectivity index is 1.90. The molecule has 1 aromatic rings. The van der Waals surface area contributed by atoms with Crippen molar-refractivity contribution in [2.75, 3.05) is 20.3 Å². The van der Waals surface area contributed by atoms with Crippen LogP contribution in [0.1, 0.15) is 18.5 Å². The van der Waals surface area contributed by atoms with Gasteiger partial charge in [0, 0.05) is 32.2 Å². The van der Waals surface area contributed by atoms with Gasteiger partial charge in [0.1, 0.15) is 0 Å². The van der Waals surface area contributed by atoms with Gasteiger partial charge in [-0.15, -0.1) is 0 Å². The van der Waals surface area contributed by atoms with Crippen LogP contribution in [0.5, 0.6) is 0 Å². The molecule has 3 nitrogen and oxygen atoms in total. The monoisotopic (exact) mass is 182 g/mol. The molecule has 3 heteroatoms. The molecule has 0 atom stereocenters. The number of unbranched alkanes of at least 4 members (excludes halogenated alkanes) is 1. The molecule has 2 N–H and O–H groups in total. The van der Waals surface area contributed by atoms with Crippen molar-refractivity contribution in [2.45, 2.75) is 19.4 Å². The first-order chi connectivity index (χ1) is 6.43. The highest BCUT2D eigenvalue weighted by Crippen LogP contribution is 1.93. The van der Waals surface area contributed by atoms with Crippen LogP contribution in [0.2, 0.25) is 0 Å². The van der Waals surface area contributed by atoms with E-state index in [4.69, 9.17) is 4.74 Å². The Bertz CT molecular complexity index is 197. The van der Waals surface area contributed by atoms with Crippen molar-refractivity contribution >= 4 is 0 Å². The summed E-state index contributed by atoms with van der Waals surface area (Å²) >= 11 is 0. The second-order valence-corrected chi connectivity index (χ2v) is 3.07. The van der Waals surface area contributed by atoms with Gasteiger partial charge in [0.15, 0.2) is 0 Å². The van der Waals surface area contributed by atoms with E-state index in [2.05, 4.69) is 16.4 Å². The quantitative estimate of drug-likeness (QED) is 0.627. The van der Waals surface area contributed by atoms with E-state index in [1.807, 2.05) is 12.3 Å². The van der Waals surface area contributed by atoms with Crippen molar-refractivity contribution in [2.24, 2.45) is 0 Å². The molecule has 0 radical (unpaired) electrons.